The Morgan fingerprint density at radius 2 is 2.12 bits per heavy atom. The van der Waals surface area contributed by atoms with Gasteiger partial charge >= 0.3 is 0 Å². The molecule has 0 saturated carbocycles. The average molecular weight is 217 g/mol. The Kier molecular flexibility index (Phi) is 3.73. The molecular formula is C14H19NO. The lowest BCUT2D eigenvalue weighted by molar-refractivity contribution is -0.112. The number of benzene rings is 1. The Bertz CT molecular complexity index is 336. The zero-order chi connectivity index (χ0) is 11.4. The summed E-state index contributed by atoms with van der Waals surface area (Å²) in [7, 11) is 2.16. The van der Waals surface area contributed by atoms with Gasteiger partial charge in [-0.15, -0.1) is 0 Å². The second-order valence-corrected chi connectivity index (χ2v) is 4.74. The molecule has 2 heteroatoms. The molecule has 16 heavy (non-hydrogen) atoms. The predicted molar refractivity (Wildman–Crippen MR) is 65.4 cm³/mol. The highest BCUT2D eigenvalue weighted by Gasteiger charge is 2.25. The highest BCUT2D eigenvalue weighted by atomic mass is 16.1. The summed E-state index contributed by atoms with van der Waals surface area (Å²) in [6.07, 6.45) is 4.22. The number of carbonyl (C=O) groups excluding carboxylic acids is 1. The van der Waals surface area contributed by atoms with Crippen LogP contribution in [0.1, 0.15) is 18.4 Å². The van der Waals surface area contributed by atoms with Gasteiger partial charge in [0.1, 0.15) is 6.29 Å². The van der Waals surface area contributed by atoms with Gasteiger partial charge in [0.15, 0.2) is 0 Å². The molecule has 1 aliphatic heterocycles. The number of likely N-dealkylation sites (N-methyl/N-ethyl adjacent to an activating group) is 1. The van der Waals surface area contributed by atoms with Crippen LogP contribution in [0.25, 0.3) is 0 Å². The van der Waals surface area contributed by atoms with Gasteiger partial charge in [-0.25, -0.2) is 0 Å². The minimum atomic E-state index is 0.268. The molecule has 0 aromatic heterocycles. The van der Waals surface area contributed by atoms with E-state index in [1.54, 1.807) is 0 Å². The molecule has 2 rings (SSSR count). The van der Waals surface area contributed by atoms with Gasteiger partial charge in [0.05, 0.1) is 0 Å². The van der Waals surface area contributed by atoms with Crippen molar-refractivity contribution in [3.05, 3.63) is 35.9 Å². The highest BCUT2D eigenvalue weighted by Crippen LogP contribution is 2.22. The van der Waals surface area contributed by atoms with Gasteiger partial charge < -0.3 is 9.69 Å². The third-order valence-electron chi connectivity index (χ3n) is 3.56. The summed E-state index contributed by atoms with van der Waals surface area (Å²) in [5.41, 5.74) is 1.37. The molecule has 0 amide bonds. The smallest absolute Gasteiger partial charge is 0.123 e. The van der Waals surface area contributed by atoms with E-state index in [0.717, 1.165) is 32.1 Å². The summed E-state index contributed by atoms with van der Waals surface area (Å²) in [5, 5.41) is 0. The molecule has 1 fully saturated rings. The second kappa shape index (κ2) is 5.26. The monoisotopic (exact) mass is 217 g/mol. The van der Waals surface area contributed by atoms with E-state index in [0.29, 0.717) is 6.04 Å². The van der Waals surface area contributed by atoms with E-state index in [2.05, 4.69) is 36.2 Å². The minimum absolute atomic E-state index is 0.268. The van der Waals surface area contributed by atoms with Gasteiger partial charge in [-0.05, 0) is 38.4 Å². The zero-order valence-corrected chi connectivity index (χ0v) is 9.80. The van der Waals surface area contributed by atoms with Crippen molar-refractivity contribution in [2.45, 2.75) is 25.3 Å². The van der Waals surface area contributed by atoms with Crippen molar-refractivity contribution in [2.24, 2.45) is 5.92 Å². The molecule has 0 bridgehead atoms. The molecule has 2 nitrogen and oxygen atoms in total. The number of rotatable bonds is 3. The topological polar surface area (TPSA) is 20.3 Å². The van der Waals surface area contributed by atoms with Crippen molar-refractivity contribution >= 4 is 6.29 Å². The van der Waals surface area contributed by atoms with Crippen LogP contribution < -0.4 is 0 Å². The third kappa shape index (κ3) is 2.70. The van der Waals surface area contributed by atoms with Crippen molar-refractivity contribution in [1.29, 1.82) is 0 Å². The van der Waals surface area contributed by atoms with Gasteiger partial charge in [-0.2, -0.15) is 0 Å². The van der Waals surface area contributed by atoms with E-state index in [9.17, 15) is 4.79 Å². The lowest BCUT2D eigenvalue weighted by atomic mass is 9.89. The Morgan fingerprint density at radius 1 is 1.38 bits per heavy atom. The minimum Gasteiger partial charge on any atom is -0.303 e. The molecule has 1 saturated heterocycles. The predicted octanol–water partition coefficient (Wildman–Crippen LogP) is 2.14. The van der Waals surface area contributed by atoms with E-state index in [4.69, 9.17) is 0 Å². The number of hydrogen-bond donors (Lipinski definition) is 0. The Labute approximate surface area is 97.3 Å². The maximum absolute atomic E-state index is 10.8. The first kappa shape index (κ1) is 11.3. The van der Waals surface area contributed by atoms with E-state index >= 15 is 0 Å². The van der Waals surface area contributed by atoms with Crippen molar-refractivity contribution < 1.29 is 4.79 Å². The standard InChI is InChI=1S/C14H19NO/c1-15-8-7-13(11-16)10-14(15)9-12-5-3-2-4-6-12/h2-6,11,13-14H,7-10H2,1H3. The quantitative estimate of drug-likeness (QED) is 0.723. The normalized spacial score (nSPS) is 26.6. The Hall–Kier alpha value is -1.15. The first-order valence-electron chi connectivity index (χ1n) is 5.99. The molecular weight excluding hydrogens is 198 g/mol. The van der Waals surface area contributed by atoms with Crippen molar-refractivity contribution in [1.82, 2.24) is 4.90 Å². The fraction of sp³-hybridized carbons (Fsp3) is 0.500. The van der Waals surface area contributed by atoms with Crippen LogP contribution in [0.5, 0.6) is 0 Å². The summed E-state index contributed by atoms with van der Waals surface area (Å²) < 4.78 is 0. The number of hydrogen-bond acceptors (Lipinski definition) is 2. The summed E-state index contributed by atoms with van der Waals surface area (Å²) in [4.78, 5) is 13.2. The molecule has 2 atom stereocenters. The van der Waals surface area contributed by atoms with Crippen LogP contribution in [0.15, 0.2) is 30.3 Å². The maximum atomic E-state index is 10.8. The van der Waals surface area contributed by atoms with Crippen LogP contribution in [0.2, 0.25) is 0 Å². The number of carbonyl (C=O) groups is 1. The zero-order valence-electron chi connectivity index (χ0n) is 9.80. The van der Waals surface area contributed by atoms with Crippen LogP contribution in [-0.4, -0.2) is 30.8 Å². The lowest BCUT2D eigenvalue weighted by Crippen LogP contribution is -2.41. The summed E-state index contributed by atoms with van der Waals surface area (Å²) in [6, 6.07) is 11.1. The van der Waals surface area contributed by atoms with E-state index in [1.165, 1.54) is 5.56 Å². The van der Waals surface area contributed by atoms with Gasteiger partial charge in [-0.1, -0.05) is 30.3 Å². The SMILES string of the molecule is CN1CCC(C=O)CC1Cc1ccccc1. The molecule has 1 aromatic rings. The summed E-state index contributed by atoms with van der Waals surface area (Å²) in [5.74, 6) is 0.268. The van der Waals surface area contributed by atoms with Crippen molar-refractivity contribution in [3.63, 3.8) is 0 Å². The van der Waals surface area contributed by atoms with E-state index in [-0.39, 0.29) is 5.92 Å². The van der Waals surface area contributed by atoms with E-state index in [1.807, 2.05) is 6.07 Å². The molecule has 0 aliphatic carbocycles. The first-order chi connectivity index (χ1) is 7.79. The van der Waals surface area contributed by atoms with Crippen LogP contribution >= 0.6 is 0 Å². The Morgan fingerprint density at radius 3 is 2.81 bits per heavy atom. The largest absolute Gasteiger partial charge is 0.303 e. The number of piperidine rings is 1. The summed E-state index contributed by atoms with van der Waals surface area (Å²) >= 11 is 0. The van der Waals surface area contributed by atoms with Crippen molar-refractivity contribution in [2.75, 3.05) is 13.6 Å². The van der Waals surface area contributed by atoms with Gasteiger partial charge in [-0.3, -0.25) is 0 Å². The molecule has 1 aromatic carbocycles. The average Bonchev–Trinajstić information content (AvgIpc) is 2.33. The highest BCUT2D eigenvalue weighted by molar-refractivity contribution is 5.53. The number of nitrogens with zero attached hydrogens (tertiary/aromatic N) is 1. The molecule has 2 unspecified atom stereocenters. The van der Waals surface area contributed by atoms with Gasteiger partial charge in [0.25, 0.3) is 0 Å². The van der Waals surface area contributed by atoms with Crippen molar-refractivity contribution in [3.8, 4) is 0 Å². The maximum Gasteiger partial charge on any atom is 0.123 e. The third-order valence-corrected chi connectivity index (χ3v) is 3.56. The number of likely N-dealkylation sites (tertiary alicyclic amines) is 1. The fourth-order valence-corrected chi connectivity index (χ4v) is 2.45. The Balaban J connectivity index is 1.99. The molecule has 0 radical (unpaired) electrons. The van der Waals surface area contributed by atoms with Crippen LogP contribution in [0, 0.1) is 5.92 Å². The summed E-state index contributed by atoms with van der Waals surface area (Å²) in [6.45, 7) is 1.04. The number of aldehydes is 1. The van der Waals surface area contributed by atoms with Crippen LogP contribution in [-0.2, 0) is 11.2 Å². The fourth-order valence-electron chi connectivity index (χ4n) is 2.45. The van der Waals surface area contributed by atoms with Gasteiger partial charge in [0.2, 0.25) is 0 Å². The molecule has 86 valence electrons. The van der Waals surface area contributed by atoms with Crippen LogP contribution in [0.3, 0.4) is 0 Å². The van der Waals surface area contributed by atoms with E-state index < -0.39 is 0 Å². The molecule has 1 aliphatic rings. The molecule has 0 spiro atoms. The molecule has 0 N–H and O–H groups in total. The lowest BCUT2D eigenvalue weighted by Gasteiger charge is -2.35. The first-order valence-corrected chi connectivity index (χ1v) is 5.99. The van der Waals surface area contributed by atoms with Gasteiger partial charge in [0, 0.05) is 12.0 Å². The second-order valence-electron chi connectivity index (χ2n) is 4.74. The molecule has 1 heterocycles. The van der Waals surface area contributed by atoms with Crippen LogP contribution in [0.4, 0.5) is 0 Å².